The lowest BCUT2D eigenvalue weighted by molar-refractivity contribution is 0.407. The number of nitrogens with zero attached hydrogens (tertiary/aromatic N) is 3. The van der Waals surface area contributed by atoms with Crippen molar-refractivity contribution in [1.29, 1.82) is 0 Å². The zero-order chi connectivity index (χ0) is 15.0. The van der Waals surface area contributed by atoms with Gasteiger partial charge in [0.05, 0.1) is 0 Å². The largest absolute Gasteiger partial charge is 0.365 e. The third-order valence-electron chi connectivity index (χ3n) is 4.33. The summed E-state index contributed by atoms with van der Waals surface area (Å²) in [6.07, 6.45) is 2.21. The molecule has 0 radical (unpaired) electrons. The molecule has 2 saturated heterocycles. The molecular weight excluding hydrogens is 303 g/mol. The highest BCUT2D eigenvalue weighted by molar-refractivity contribution is 7.81. The van der Waals surface area contributed by atoms with Gasteiger partial charge in [-0.2, -0.15) is 0 Å². The molecule has 1 aromatic carbocycles. The van der Waals surface area contributed by atoms with Gasteiger partial charge in [-0.15, -0.1) is 0 Å². The van der Waals surface area contributed by atoms with Gasteiger partial charge in [0.15, 0.2) is 5.11 Å². The molecule has 114 valence electrons. The third-order valence-corrected chi connectivity index (χ3v) is 8.15. The molecule has 2 aliphatic heterocycles. The Hall–Kier alpha value is -1.10. The van der Waals surface area contributed by atoms with E-state index in [2.05, 4.69) is 9.99 Å². The number of benzene rings is 1. The van der Waals surface area contributed by atoms with Gasteiger partial charge in [-0.3, -0.25) is 13.9 Å². The van der Waals surface area contributed by atoms with Crippen LogP contribution in [0, 0.1) is 0 Å². The Morgan fingerprint density at radius 3 is 2.81 bits per heavy atom. The molecule has 2 heterocycles. The standard InChI is InChI=1S/C14H21N4OPS/c1-15-14(21)16(2)20(19)17-10-6-9-13(17)11-18(20)12-7-4-3-5-8-12/h3-5,7-8,13H,6,9-11H2,1-2H3,(H,15,21)/t13-,20+/m0/s1. The lowest BCUT2D eigenvalue weighted by Crippen LogP contribution is -2.39. The first-order valence-electron chi connectivity index (χ1n) is 7.25. The minimum absolute atomic E-state index is 0.359. The number of para-hydroxylation sites is 1. The van der Waals surface area contributed by atoms with Gasteiger partial charge < -0.3 is 5.32 Å². The fourth-order valence-corrected chi connectivity index (χ4v) is 6.72. The van der Waals surface area contributed by atoms with E-state index in [0.29, 0.717) is 11.2 Å². The Balaban J connectivity index is 2.03. The number of rotatable bonds is 2. The van der Waals surface area contributed by atoms with Gasteiger partial charge in [-0.1, -0.05) is 18.2 Å². The Morgan fingerprint density at radius 2 is 2.14 bits per heavy atom. The van der Waals surface area contributed by atoms with Gasteiger partial charge in [-0.05, 0) is 37.2 Å². The van der Waals surface area contributed by atoms with Crippen molar-refractivity contribution >= 4 is 30.6 Å². The molecule has 0 bridgehead atoms. The van der Waals surface area contributed by atoms with E-state index in [4.69, 9.17) is 12.2 Å². The average molecular weight is 324 g/mol. The lowest BCUT2D eigenvalue weighted by atomic mass is 10.2. The van der Waals surface area contributed by atoms with E-state index in [0.717, 1.165) is 31.6 Å². The second-order valence-electron chi connectivity index (χ2n) is 5.47. The van der Waals surface area contributed by atoms with E-state index in [-0.39, 0.29) is 0 Å². The molecule has 0 spiro atoms. The van der Waals surface area contributed by atoms with Gasteiger partial charge in [0.25, 0.3) is 0 Å². The van der Waals surface area contributed by atoms with Crippen LogP contribution in [0.1, 0.15) is 12.8 Å². The maximum Gasteiger partial charge on any atom is 0.337 e. The van der Waals surface area contributed by atoms with E-state index < -0.39 is 7.59 Å². The van der Waals surface area contributed by atoms with Crippen molar-refractivity contribution in [2.24, 2.45) is 0 Å². The lowest BCUT2D eigenvalue weighted by Gasteiger charge is -2.37. The summed E-state index contributed by atoms with van der Waals surface area (Å²) < 4.78 is 19.9. The van der Waals surface area contributed by atoms with Crippen molar-refractivity contribution in [3.63, 3.8) is 0 Å². The molecule has 0 amide bonds. The predicted molar refractivity (Wildman–Crippen MR) is 90.5 cm³/mol. The summed E-state index contributed by atoms with van der Waals surface area (Å²) in [4.78, 5) is 0. The minimum Gasteiger partial charge on any atom is -0.365 e. The van der Waals surface area contributed by atoms with Gasteiger partial charge in [-0.25, -0.2) is 4.67 Å². The molecule has 0 saturated carbocycles. The van der Waals surface area contributed by atoms with Crippen LogP contribution < -0.4 is 9.99 Å². The highest BCUT2D eigenvalue weighted by Crippen LogP contribution is 2.64. The van der Waals surface area contributed by atoms with E-state index in [1.165, 1.54) is 0 Å². The van der Waals surface area contributed by atoms with Crippen LogP contribution in [0.5, 0.6) is 0 Å². The maximum absolute atomic E-state index is 13.9. The monoisotopic (exact) mass is 324 g/mol. The number of anilines is 1. The van der Waals surface area contributed by atoms with E-state index >= 15 is 0 Å². The predicted octanol–water partition coefficient (Wildman–Crippen LogP) is 2.52. The second-order valence-corrected chi connectivity index (χ2v) is 8.48. The van der Waals surface area contributed by atoms with Gasteiger partial charge in [0, 0.05) is 38.9 Å². The van der Waals surface area contributed by atoms with Gasteiger partial charge in [0.1, 0.15) is 0 Å². The van der Waals surface area contributed by atoms with Crippen LogP contribution in [-0.2, 0) is 4.57 Å². The summed E-state index contributed by atoms with van der Waals surface area (Å²) in [6.45, 7) is 1.68. The van der Waals surface area contributed by atoms with Crippen molar-refractivity contribution in [2.75, 3.05) is 31.9 Å². The van der Waals surface area contributed by atoms with E-state index in [1.807, 2.05) is 42.0 Å². The van der Waals surface area contributed by atoms with Crippen molar-refractivity contribution in [3.8, 4) is 0 Å². The molecule has 2 aliphatic rings. The molecule has 3 rings (SSSR count). The van der Waals surface area contributed by atoms with Crippen LogP contribution in [0.3, 0.4) is 0 Å². The SMILES string of the molecule is CNC(=S)N(C)[P@]1(=O)N(c2ccccc2)C[C@@H]2CCCN21. The van der Waals surface area contributed by atoms with E-state index in [1.54, 1.807) is 11.7 Å². The number of nitrogens with one attached hydrogen (secondary N) is 1. The fourth-order valence-electron chi connectivity index (χ4n) is 3.26. The molecule has 0 aliphatic carbocycles. The summed E-state index contributed by atoms with van der Waals surface area (Å²) in [5.74, 6) is 0. The summed E-state index contributed by atoms with van der Waals surface area (Å²) in [5, 5.41) is 3.47. The fraction of sp³-hybridized carbons (Fsp3) is 0.500. The van der Waals surface area contributed by atoms with Crippen molar-refractivity contribution in [2.45, 2.75) is 18.9 Å². The third kappa shape index (κ3) is 2.26. The van der Waals surface area contributed by atoms with Crippen LogP contribution in [-0.4, -0.2) is 47.7 Å². The molecule has 5 nitrogen and oxygen atoms in total. The van der Waals surface area contributed by atoms with Crippen molar-refractivity contribution in [1.82, 2.24) is 14.7 Å². The number of fused-ring (bicyclic) bond motifs is 1. The van der Waals surface area contributed by atoms with Gasteiger partial charge >= 0.3 is 7.59 Å². The number of hydrogen-bond acceptors (Lipinski definition) is 2. The zero-order valence-electron chi connectivity index (χ0n) is 12.4. The normalized spacial score (nSPS) is 28.5. The molecule has 1 aromatic rings. The Morgan fingerprint density at radius 1 is 1.43 bits per heavy atom. The van der Waals surface area contributed by atoms with Gasteiger partial charge in [0.2, 0.25) is 0 Å². The summed E-state index contributed by atoms with van der Waals surface area (Å²) in [5.41, 5.74) is 1.00. The van der Waals surface area contributed by atoms with Crippen LogP contribution in [0.4, 0.5) is 5.69 Å². The highest BCUT2D eigenvalue weighted by atomic mass is 32.1. The molecule has 0 unspecified atom stereocenters. The Bertz CT molecular complexity index is 582. The molecule has 2 atom stereocenters. The zero-order valence-corrected chi connectivity index (χ0v) is 14.1. The molecular formula is C14H21N4OPS. The first-order valence-corrected chi connectivity index (χ1v) is 9.22. The average Bonchev–Trinajstić information content (AvgIpc) is 3.09. The van der Waals surface area contributed by atoms with Crippen LogP contribution >= 0.6 is 19.8 Å². The molecule has 21 heavy (non-hydrogen) atoms. The Kier molecular flexibility index (Phi) is 3.95. The van der Waals surface area contributed by atoms with Crippen LogP contribution in [0.2, 0.25) is 0 Å². The first-order chi connectivity index (χ1) is 10.1. The second kappa shape index (κ2) is 5.59. The first kappa shape index (κ1) is 14.8. The molecule has 7 heteroatoms. The minimum atomic E-state index is -2.87. The highest BCUT2D eigenvalue weighted by Gasteiger charge is 2.53. The summed E-state index contributed by atoms with van der Waals surface area (Å²) >= 11 is 5.34. The van der Waals surface area contributed by atoms with Crippen molar-refractivity contribution in [3.05, 3.63) is 30.3 Å². The topological polar surface area (TPSA) is 38.8 Å². The van der Waals surface area contributed by atoms with E-state index in [9.17, 15) is 4.57 Å². The molecule has 0 aromatic heterocycles. The number of hydrogen-bond donors (Lipinski definition) is 1. The quantitative estimate of drug-likeness (QED) is 0.666. The maximum atomic E-state index is 13.9. The smallest absolute Gasteiger partial charge is 0.337 e. The van der Waals surface area contributed by atoms with Crippen LogP contribution in [0.25, 0.3) is 0 Å². The number of thiocarbonyl (C=S) groups is 1. The summed E-state index contributed by atoms with van der Waals surface area (Å²) in [6, 6.07) is 10.3. The molecule has 2 fully saturated rings. The Labute approximate surface area is 131 Å². The van der Waals surface area contributed by atoms with Crippen LogP contribution in [0.15, 0.2) is 30.3 Å². The molecule has 1 N–H and O–H groups in total. The van der Waals surface area contributed by atoms with Crippen molar-refractivity contribution < 1.29 is 4.57 Å². The summed E-state index contributed by atoms with van der Waals surface area (Å²) in [7, 11) is 0.730.